The number of nitrogens with zero attached hydrogens (tertiary/aromatic N) is 2. The molecule has 23 heavy (non-hydrogen) atoms. The van der Waals surface area contributed by atoms with Gasteiger partial charge in [-0.05, 0) is 17.7 Å². The number of fused-ring (bicyclic) bond motifs is 1. The summed E-state index contributed by atoms with van der Waals surface area (Å²) in [4.78, 5) is 7.69. The number of aromatic amines is 2. The highest BCUT2D eigenvalue weighted by Crippen LogP contribution is 2.35. The van der Waals surface area contributed by atoms with Crippen LogP contribution in [0.4, 0.5) is 0 Å². The highest BCUT2D eigenvalue weighted by atomic mass is 16.3. The number of aromatic hydroxyl groups is 1. The van der Waals surface area contributed by atoms with E-state index in [-0.39, 0.29) is 5.75 Å². The lowest BCUT2D eigenvalue weighted by Gasteiger charge is -1.97. The van der Waals surface area contributed by atoms with Crippen LogP contribution in [0, 0.1) is 0 Å². The monoisotopic (exact) mass is 305 g/mol. The van der Waals surface area contributed by atoms with Gasteiger partial charge in [0.15, 0.2) is 11.6 Å². The third kappa shape index (κ3) is 2.25. The molecule has 6 heteroatoms. The van der Waals surface area contributed by atoms with Crippen LogP contribution < -0.4 is 5.73 Å². The molecule has 2 heterocycles. The molecule has 0 aliphatic rings. The van der Waals surface area contributed by atoms with Crippen molar-refractivity contribution in [1.82, 2.24) is 20.2 Å². The molecular formula is C17H15N5O. The molecule has 114 valence electrons. The van der Waals surface area contributed by atoms with Gasteiger partial charge in [0.05, 0.1) is 11.0 Å². The van der Waals surface area contributed by atoms with Crippen molar-refractivity contribution in [3.8, 4) is 28.5 Å². The van der Waals surface area contributed by atoms with Crippen LogP contribution in [0.2, 0.25) is 0 Å². The molecule has 5 N–H and O–H groups in total. The molecule has 0 amide bonds. The minimum absolute atomic E-state index is 0.0781. The van der Waals surface area contributed by atoms with E-state index >= 15 is 0 Å². The number of rotatable bonds is 3. The average Bonchev–Trinajstić information content (AvgIpc) is 3.17. The number of H-pyrrole nitrogens is 2. The van der Waals surface area contributed by atoms with Gasteiger partial charge in [-0.3, -0.25) is 5.10 Å². The summed E-state index contributed by atoms with van der Waals surface area (Å²) in [5.74, 6) is 0.621. The van der Waals surface area contributed by atoms with E-state index in [1.54, 1.807) is 0 Å². The molecule has 0 atom stereocenters. The Kier molecular flexibility index (Phi) is 3.09. The Morgan fingerprint density at radius 3 is 2.70 bits per heavy atom. The Balaban J connectivity index is 1.81. The lowest BCUT2D eigenvalue weighted by molar-refractivity contribution is 0.479. The van der Waals surface area contributed by atoms with Crippen molar-refractivity contribution in [2.45, 2.75) is 6.54 Å². The van der Waals surface area contributed by atoms with E-state index < -0.39 is 0 Å². The van der Waals surface area contributed by atoms with E-state index in [4.69, 9.17) is 5.73 Å². The molecule has 0 aliphatic carbocycles. The topological polar surface area (TPSA) is 104 Å². The van der Waals surface area contributed by atoms with Crippen LogP contribution in [-0.2, 0) is 6.54 Å². The maximum absolute atomic E-state index is 10.5. The van der Waals surface area contributed by atoms with Gasteiger partial charge in [0.25, 0.3) is 0 Å². The van der Waals surface area contributed by atoms with E-state index in [9.17, 15) is 5.11 Å². The summed E-state index contributed by atoms with van der Waals surface area (Å²) in [5.41, 5.74) is 10.2. The van der Waals surface area contributed by atoms with E-state index in [0.717, 1.165) is 22.2 Å². The molecule has 0 bridgehead atoms. The molecule has 0 spiro atoms. The van der Waals surface area contributed by atoms with Crippen LogP contribution in [0.15, 0.2) is 48.5 Å². The summed E-state index contributed by atoms with van der Waals surface area (Å²) in [6.07, 6.45) is 0. The fraction of sp³-hybridized carbons (Fsp3) is 0.0588. The first-order chi connectivity index (χ1) is 11.3. The van der Waals surface area contributed by atoms with Gasteiger partial charge in [-0.15, -0.1) is 0 Å². The van der Waals surface area contributed by atoms with Crippen LogP contribution in [0.1, 0.15) is 5.56 Å². The number of aromatic nitrogens is 4. The first-order valence-electron chi connectivity index (χ1n) is 7.28. The number of hydrogen-bond donors (Lipinski definition) is 4. The highest BCUT2D eigenvalue weighted by Gasteiger charge is 2.18. The molecule has 4 aromatic rings. The van der Waals surface area contributed by atoms with Crippen molar-refractivity contribution in [2.75, 3.05) is 0 Å². The number of nitrogens with two attached hydrogens (primary N) is 1. The molecular weight excluding hydrogens is 290 g/mol. The summed E-state index contributed by atoms with van der Waals surface area (Å²) < 4.78 is 0. The van der Waals surface area contributed by atoms with Crippen molar-refractivity contribution in [3.63, 3.8) is 0 Å². The van der Waals surface area contributed by atoms with Crippen molar-refractivity contribution < 1.29 is 5.11 Å². The lowest BCUT2D eigenvalue weighted by atomic mass is 10.1. The number of hydrogen-bond acceptors (Lipinski definition) is 4. The molecule has 0 saturated carbocycles. The molecule has 2 aromatic heterocycles. The van der Waals surface area contributed by atoms with Crippen LogP contribution in [0.25, 0.3) is 33.8 Å². The van der Waals surface area contributed by atoms with Gasteiger partial charge in [-0.2, -0.15) is 5.10 Å². The normalized spacial score (nSPS) is 11.2. The number of benzene rings is 2. The van der Waals surface area contributed by atoms with Crippen molar-refractivity contribution in [2.24, 2.45) is 5.73 Å². The molecule has 0 radical (unpaired) electrons. The first kappa shape index (κ1) is 13.5. The Morgan fingerprint density at radius 1 is 1.09 bits per heavy atom. The van der Waals surface area contributed by atoms with Gasteiger partial charge < -0.3 is 15.8 Å². The van der Waals surface area contributed by atoms with Gasteiger partial charge >= 0.3 is 0 Å². The highest BCUT2D eigenvalue weighted by molar-refractivity contribution is 5.82. The third-order valence-corrected chi connectivity index (χ3v) is 3.81. The summed E-state index contributed by atoms with van der Waals surface area (Å²) in [5, 5.41) is 17.6. The molecule has 4 rings (SSSR count). The summed E-state index contributed by atoms with van der Waals surface area (Å²) in [6.45, 7) is 0.470. The maximum atomic E-state index is 10.5. The van der Waals surface area contributed by atoms with Crippen LogP contribution >= 0.6 is 0 Å². The second-order valence-electron chi connectivity index (χ2n) is 5.30. The summed E-state index contributed by atoms with van der Waals surface area (Å²) in [7, 11) is 0. The fourth-order valence-corrected chi connectivity index (χ4v) is 2.60. The minimum Gasteiger partial charge on any atom is -0.504 e. The van der Waals surface area contributed by atoms with Gasteiger partial charge in [0.2, 0.25) is 0 Å². The molecule has 0 saturated heterocycles. The zero-order valence-corrected chi connectivity index (χ0v) is 12.2. The predicted molar refractivity (Wildman–Crippen MR) is 88.7 cm³/mol. The maximum Gasteiger partial charge on any atom is 0.172 e. The van der Waals surface area contributed by atoms with Crippen molar-refractivity contribution in [3.05, 3.63) is 54.1 Å². The lowest BCUT2D eigenvalue weighted by Crippen LogP contribution is -1.95. The second-order valence-corrected chi connectivity index (χ2v) is 5.30. The fourth-order valence-electron chi connectivity index (χ4n) is 2.60. The average molecular weight is 305 g/mol. The summed E-state index contributed by atoms with van der Waals surface area (Å²) in [6, 6.07) is 15.3. The Labute approximate surface area is 132 Å². The second kappa shape index (κ2) is 5.26. The SMILES string of the molecule is NCc1ccc2nc(-c3[nH]nc(-c4ccccc4)c3O)[nH]c2c1. The minimum atomic E-state index is 0.0781. The predicted octanol–water partition coefficient (Wildman–Crippen LogP) is 2.78. The van der Waals surface area contributed by atoms with Gasteiger partial charge in [-0.25, -0.2) is 4.98 Å². The standard InChI is InChI=1S/C17H15N5O/c18-9-10-6-7-12-13(8-10)20-17(19-12)15-16(23)14(21-22-15)11-4-2-1-3-5-11/h1-8,23H,9,18H2,(H,19,20)(H,21,22). The number of imidazole rings is 1. The van der Waals surface area contributed by atoms with Gasteiger partial charge in [0.1, 0.15) is 11.4 Å². The van der Waals surface area contributed by atoms with E-state index in [0.29, 0.717) is 23.8 Å². The Bertz CT molecular complexity index is 971. The van der Waals surface area contributed by atoms with E-state index in [2.05, 4.69) is 20.2 Å². The first-order valence-corrected chi connectivity index (χ1v) is 7.28. The largest absolute Gasteiger partial charge is 0.504 e. The van der Waals surface area contributed by atoms with Crippen LogP contribution in [0.3, 0.4) is 0 Å². The zero-order chi connectivity index (χ0) is 15.8. The van der Waals surface area contributed by atoms with E-state index in [1.165, 1.54) is 0 Å². The van der Waals surface area contributed by atoms with Crippen LogP contribution in [0.5, 0.6) is 5.75 Å². The molecule has 0 aliphatic heterocycles. The third-order valence-electron chi connectivity index (χ3n) is 3.81. The smallest absolute Gasteiger partial charge is 0.172 e. The van der Waals surface area contributed by atoms with Gasteiger partial charge in [-0.1, -0.05) is 36.4 Å². The Hall–Kier alpha value is -3.12. The molecule has 6 nitrogen and oxygen atoms in total. The number of nitrogens with one attached hydrogen (secondary N) is 2. The van der Waals surface area contributed by atoms with Crippen molar-refractivity contribution in [1.29, 1.82) is 0 Å². The molecule has 0 fully saturated rings. The van der Waals surface area contributed by atoms with Crippen molar-refractivity contribution >= 4 is 11.0 Å². The molecule has 2 aromatic carbocycles. The van der Waals surface area contributed by atoms with E-state index in [1.807, 2.05) is 48.5 Å². The zero-order valence-electron chi connectivity index (χ0n) is 12.2. The Morgan fingerprint density at radius 2 is 1.91 bits per heavy atom. The van der Waals surface area contributed by atoms with Crippen LogP contribution in [-0.4, -0.2) is 25.3 Å². The molecule has 0 unspecified atom stereocenters. The van der Waals surface area contributed by atoms with Gasteiger partial charge in [0, 0.05) is 12.1 Å². The quantitative estimate of drug-likeness (QED) is 0.467. The summed E-state index contributed by atoms with van der Waals surface area (Å²) >= 11 is 0.